The number of nitrogens with zero attached hydrogens (tertiary/aromatic N) is 3. The molecule has 0 bridgehead atoms. The molecule has 0 fully saturated rings. The Kier molecular flexibility index (Phi) is 7.28. The Bertz CT molecular complexity index is 999. The summed E-state index contributed by atoms with van der Waals surface area (Å²) in [7, 11) is 0. The molecule has 0 N–H and O–H groups in total. The largest absolute Gasteiger partial charge is 0.482 e. The highest BCUT2D eigenvalue weighted by Crippen LogP contribution is 2.32. The van der Waals surface area contributed by atoms with Crippen LogP contribution in [0.1, 0.15) is 35.5 Å². The molecule has 3 aromatic rings. The van der Waals surface area contributed by atoms with Gasteiger partial charge in [-0.3, -0.25) is 4.57 Å². The molecule has 0 aliphatic rings. The van der Waals surface area contributed by atoms with E-state index in [4.69, 9.17) is 27.9 Å². The van der Waals surface area contributed by atoms with Crippen LogP contribution in [0.4, 0.5) is 0 Å². The standard InChI is InChI=1S/C22H23Cl2N3OS/c1-5-12-27-21(16(4)28-20-11-6-8-14(2)15(20)3)25-26-22(27)29-13-17-18(23)9-7-10-19(17)24/h5-11,16H,1,12-13H2,2-4H3. The molecule has 0 aliphatic carbocycles. The molecule has 0 saturated carbocycles. The number of benzene rings is 2. The number of hydrogen-bond donors (Lipinski definition) is 0. The predicted octanol–water partition coefficient (Wildman–Crippen LogP) is 6.82. The van der Waals surface area contributed by atoms with Crippen molar-refractivity contribution < 1.29 is 4.74 Å². The maximum absolute atomic E-state index is 6.29. The van der Waals surface area contributed by atoms with Crippen LogP contribution in [0.3, 0.4) is 0 Å². The van der Waals surface area contributed by atoms with Crippen molar-refractivity contribution in [2.75, 3.05) is 0 Å². The number of allylic oxidation sites excluding steroid dienone is 1. The van der Waals surface area contributed by atoms with Crippen LogP contribution in [0.25, 0.3) is 0 Å². The molecule has 0 radical (unpaired) electrons. The van der Waals surface area contributed by atoms with Gasteiger partial charge in [0.25, 0.3) is 0 Å². The van der Waals surface area contributed by atoms with Gasteiger partial charge in [0.1, 0.15) is 5.75 Å². The Morgan fingerprint density at radius 1 is 1.14 bits per heavy atom. The van der Waals surface area contributed by atoms with E-state index in [1.165, 1.54) is 17.3 Å². The molecule has 0 amide bonds. The van der Waals surface area contributed by atoms with Crippen molar-refractivity contribution in [1.82, 2.24) is 14.8 Å². The van der Waals surface area contributed by atoms with Gasteiger partial charge in [-0.2, -0.15) is 0 Å². The van der Waals surface area contributed by atoms with E-state index in [2.05, 4.69) is 36.7 Å². The van der Waals surface area contributed by atoms with Crippen molar-refractivity contribution in [3.8, 4) is 5.75 Å². The van der Waals surface area contributed by atoms with Crippen molar-refractivity contribution in [2.45, 2.75) is 44.3 Å². The molecule has 1 atom stereocenters. The third-order valence-corrected chi connectivity index (χ3v) is 6.39. The highest BCUT2D eigenvalue weighted by Gasteiger charge is 2.20. The molecule has 3 rings (SSSR count). The molecular formula is C22H23Cl2N3OS. The van der Waals surface area contributed by atoms with Gasteiger partial charge in [-0.05, 0) is 55.7 Å². The third kappa shape index (κ3) is 4.97. The molecule has 1 unspecified atom stereocenters. The van der Waals surface area contributed by atoms with Crippen LogP contribution in [0.2, 0.25) is 10.0 Å². The highest BCUT2D eigenvalue weighted by molar-refractivity contribution is 7.98. The minimum atomic E-state index is -0.263. The second-order valence-electron chi connectivity index (χ2n) is 6.69. The van der Waals surface area contributed by atoms with Crippen molar-refractivity contribution in [2.24, 2.45) is 0 Å². The molecular weight excluding hydrogens is 425 g/mol. The van der Waals surface area contributed by atoms with Crippen LogP contribution < -0.4 is 4.74 Å². The summed E-state index contributed by atoms with van der Waals surface area (Å²) < 4.78 is 8.22. The molecule has 4 nitrogen and oxygen atoms in total. The van der Waals surface area contributed by atoms with Gasteiger partial charge in [0, 0.05) is 22.3 Å². The van der Waals surface area contributed by atoms with E-state index in [1.54, 1.807) is 0 Å². The number of rotatable bonds is 8. The quantitative estimate of drug-likeness (QED) is 0.280. The van der Waals surface area contributed by atoms with E-state index in [1.807, 2.05) is 47.9 Å². The number of aromatic nitrogens is 3. The maximum Gasteiger partial charge on any atom is 0.191 e. The first-order valence-corrected chi connectivity index (χ1v) is 11.0. The van der Waals surface area contributed by atoms with Crippen LogP contribution in [0.5, 0.6) is 5.75 Å². The van der Waals surface area contributed by atoms with Crippen LogP contribution in [0, 0.1) is 13.8 Å². The van der Waals surface area contributed by atoms with Crippen LogP contribution in [-0.2, 0) is 12.3 Å². The molecule has 7 heteroatoms. The van der Waals surface area contributed by atoms with Gasteiger partial charge in [-0.1, -0.05) is 59.2 Å². The summed E-state index contributed by atoms with van der Waals surface area (Å²) in [6.07, 6.45) is 1.56. The van der Waals surface area contributed by atoms with E-state index in [0.29, 0.717) is 22.3 Å². The zero-order chi connectivity index (χ0) is 21.0. The van der Waals surface area contributed by atoms with Gasteiger partial charge < -0.3 is 4.74 Å². The first kappa shape index (κ1) is 21.8. The second kappa shape index (κ2) is 9.70. The van der Waals surface area contributed by atoms with Crippen molar-refractivity contribution in [1.29, 1.82) is 0 Å². The topological polar surface area (TPSA) is 39.9 Å². The SMILES string of the molecule is C=CCn1c(SCc2c(Cl)cccc2Cl)nnc1C(C)Oc1cccc(C)c1C. The van der Waals surface area contributed by atoms with Gasteiger partial charge in [-0.15, -0.1) is 16.8 Å². The Balaban J connectivity index is 1.82. The Morgan fingerprint density at radius 2 is 1.83 bits per heavy atom. The second-order valence-corrected chi connectivity index (χ2v) is 8.44. The number of ether oxygens (including phenoxy) is 1. The Morgan fingerprint density at radius 3 is 2.52 bits per heavy atom. The lowest BCUT2D eigenvalue weighted by atomic mass is 10.1. The van der Waals surface area contributed by atoms with Crippen LogP contribution >= 0.6 is 35.0 Å². The minimum Gasteiger partial charge on any atom is -0.482 e. The monoisotopic (exact) mass is 447 g/mol. The van der Waals surface area contributed by atoms with E-state index in [0.717, 1.165) is 27.9 Å². The lowest BCUT2D eigenvalue weighted by Crippen LogP contribution is -2.12. The summed E-state index contributed by atoms with van der Waals surface area (Å²) in [6.45, 7) is 10.6. The molecule has 1 aromatic heterocycles. The maximum atomic E-state index is 6.29. The molecule has 152 valence electrons. The molecule has 0 aliphatic heterocycles. The predicted molar refractivity (Wildman–Crippen MR) is 121 cm³/mol. The summed E-state index contributed by atoms with van der Waals surface area (Å²) in [6, 6.07) is 11.5. The summed E-state index contributed by atoms with van der Waals surface area (Å²) >= 11 is 14.1. The lowest BCUT2D eigenvalue weighted by molar-refractivity contribution is 0.209. The third-order valence-electron chi connectivity index (χ3n) is 4.69. The van der Waals surface area contributed by atoms with Gasteiger partial charge in [-0.25, -0.2) is 0 Å². The smallest absolute Gasteiger partial charge is 0.191 e. The number of halogens is 2. The Labute approximate surface area is 185 Å². The summed E-state index contributed by atoms with van der Waals surface area (Å²) in [5.74, 6) is 2.20. The fourth-order valence-corrected chi connectivity index (χ4v) is 4.61. The zero-order valence-electron chi connectivity index (χ0n) is 16.7. The number of thioether (sulfide) groups is 1. The van der Waals surface area contributed by atoms with E-state index >= 15 is 0 Å². The number of hydrogen-bond acceptors (Lipinski definition) is 4. The fraction of sp³-hybridized carbons (Fsp3) is 0.273. The van der Waals surface area contributed by atoms with Crippen LogP contribution in [0.15, 0.2) is 54.2 Å². The van der Waals surface area contributed by atoms with E-state index < -0.39 is 0 Å². The summed E-state index contributed by atoms with van der Waals surface area (Å²) in [5.41, 5.74) is 3.20. The van der Waals surface area contributed by atoms with Gasteiger partial charge in [0.05, 0.1) is 0 Å². The lowest BCUT2D eigenvalue weighted by Gasteiger charge is -2.18. The van der Waals surface area contributed by atoms with E-state index in [-0.39, 0.29) is 6.10 Å². The van der Waals surface area contributed by atoms with E-state index in [9.17, 15) is 0 Å². The first-order valence-electron chi connectivity index (χ1n) is 9.25. The fourth-order valence-electron chi connectivity index (χ4n) is 2.91. The molecule has 0 saturated heterocycles. The van der Waals surface area contributed by atoms with Gasteiger partial charge in [0.15, 0.2) is 17.1 Å². The van der Waals surface area contributed by atoms with Gasteiger partial charge >= 0.3 is 0 Å². The molecule has 0 spiro atoms. The number of aryl methyl sites for hydroxylation is 1. The minimum absolute atomic E-state index is 0.263. The van der Waals surface area contributed by atoms with Crippen molar-refractivity contribution >= 4 is 35.0 Å². The average Bonchev–Trinajstić information content (AvgIpc) is 3.08. The summed E-state index contributed by atoms with van der Waals surface area (Å²) in [5, 5.41) is 10.8. The molecule has 29 heavy (non-hydrogen) atoms. The normalized spacial score (nSPS) is 12.0. The summed E-state index contributed by atoms with van der Waals surface area (Å²) in [4.78, 5) is 0. The van der Waals surface area contributed by atoms with Crippen LogP contribution in [-0.4, -0.2) is 14.8 Å². The highest BCUT2D eigenvalue weighted by atomic mass is 35.5. The molecule has 2 aromatic carbocycles. The van der Waals surface area contributed by atoms with Crippen molar-refractivity contribution in [3.05, 3.63) is 81.6 Å². The average molecular weight is 448 g/mol. The first-order chi connectivity index (χ1) is 13.9. The van der Waals surface area contributed by atoms with Crippen molar-refractivity contribution in [3.63, 3.8) is 0 Å². The molecule has 1 heterocycles. The Hall–Kier alpha value is -1.95. The van der Waals surface area contributed by atoms with Gasteiger partial charge in [0.2, 0.25) is 0 Å². The zero-order valence-corrected chi connectivity index (χ0v) is 19.0.